The van der Waals surface area contributed by atoms with Crippen LogP contribution in [0.2, 0.25) is 0 Å². The Morgan fingerprint density at radius 1 is 0.850 bits per heavy atom. The summed E-state index contributed by atoms with van der Waals surface area (Å²) in [6.45, 7) is 4.26. The van der Waals surface area contributed by atoms with Crippen LogP contribution in [0.1, 0.15) is 13.8 Å². The van der Waals surface area contributed by atoms with E-state index in [4.69, 9.17) is 9.47 Å². The number of allylic oxidation sites excluding steroid dienone is 4. The fourth-order valence-electron chi connectivity index (χ4n) is 4.57. The molecule has 1 fully saturated rings. The Labute approximate surface area is 118 Å². The second kappa shape index (κ2) is 4.47. The molecule has 0 amide bonds. The zero-order valence-electron chi connectivity index (χ0n) is 12.3. The molecule has 108 valence electrons. The Balaban J connectivity index is 2.04. The Hall–Kier alpha value is -1.58. The molecule has 0 aliphatic heterocycles. The number of ether oxygens (including phenoxy) is 2. The molecule has 0 N–H and O–H groups in total. The van der Waals surface area contributed by atoms with E-state index in [1.807, 2.05) is 0 Å². The minimum absolute atomic E-state index is 0.0604. The number of hydrogen-bond donors (Lipinski definition) is 0. The Morgan fingerprint density at radius 2 is 1.20 bits per heavy atom. The van der Waals surface area contributed by atoms with Crippen molar-refractivity contribution < 1.29 is 19.1 Å². The molecule has 4 aliphatic rings. The Bertz CT molecular complexity index is 485. The van der Waals surface area contributed by atoms with Crippen LogP contribution >= 0.6 is 0 Å². The van der Waals surface area contributed by atoms with Gasteiger partial charge in [-0.2, -0.15) is 0 Å². The normalized spacial score (nSPS) is 41.0. The lowest BCUT2D eigenvalue weighted by Gasteiger charge is -2.57. The van der Waals surface area contributed by atoms with Crippen LogP contribution < -0.4 is 0 Å². The van der Waals surface area contributed by atoms with Crippen LogP contribution in [0.15, 0.2) is 23.3 Å². The zero-order chi connectivity index (χ0) is 14.6. The lowest BCUT2D eigenvalue weighted by atomic mass is 9.45. The van der Waals surface area contributed by atoms with E-state index < -0.39 is 11.8 Å². The van der Waals surface area contributed by atoms with E-state index in [2.05, 4.69) is 26.0 Å². The molecule has 4 nitrogen and oxygen atoms in total. The topological polar surface area (TPSA) is 52.6 Å². The average Bonchev–Trinajstić information content (AvgIpc) is 2.50. The van der Waals surface area contributed by atoms with Gasteiger partial charge in [0.25, 0.3) is 0 Å². The first-order chi connectivity index (χ1) is 9.52. The molecule has 6 atom stereocenters. The molecule has 0 saturated heterocycles. The van der Waals surface area contributed by atoms with Crippen LogP contribution in [0.5, 0.6) is 0 Å². The number of carbonyl (C=O) groups is 2. The van der Waals surface area contributed by atoms with Crippen molar-refractivity contribution in [2.24, 2.45) is 35.5 Å². The minimum Gasteiger partial charge on any atom is -0.469 e. The highest BCUT2D eigenvalue weighted by atomic mass is 16.5. The predicted molar refractivity (Wildman–Crippen MR) is 72.5 cm³/mol. The van der Waals surface area contributed by atoms with Crippen molar-refractivity contribution in [2.45, 2.75) is 13.8 Å². The summed E-state index contributed by atoms with van der Waals surface area (Å²) in [6.07, 6.45) is 4.20. The fraction of sp³-hybridized carbons (Fsp3) is 0.625. The molecule has 2 bridgehead atoms. The molecule has 4 rings (SSSR count). The molecular weight excluding hydrogens is 256 g/mol. The highest BCUT2D eigenvalue weighted by Crippen LogP contribution is 2.61. The molecule has 1 saturated carbocycles. The van der Waals surface area contributed by atoms with Gasteiger partial charge in [-0.3, -0.25) is 9.59 Å². The van der Waals surface area contributed by atoms with Gasteiger partial charge in [0.05, 0.1) is 26.1 Å². The summed E-state index contributed by atoms with van der Waals surface area (Å²) in [6, 6.07) is 0. The summed E-state index contributed by atoms with van der Waals surface area (Å²) in [5, 5.41) is 0. The first-order valence-corrected chi connectivity index (χ1v) is 7.04. The summed E-state index contributed by atoms with van der Waals surface area (Å²) < 4.78 is 9.88. The van der Waals surface area contributed by atoms with Gasteiger partial charge in [-0.1, -0.05) is 23.3 Å². The molecule has 20 heavy (non-hydrogen) atoms. The lowest BCUT2D eigenvalue weighted by molar-refractivity contribution is -0.168. The van der Waals surface area contributed by atoms with E-state index >= 15 is 0 Å². The Kier molecular flexibility index (Phi) is 3.00. The van der Waals surface area contributed by atoms with Crippen LogP contribution in [-0.4, -0.2) is 26.2 Å². The molecule has 0 aromatic rings. The van der Waals surface area contributed by atoms with Crippen LogP contribution in [0.3, 0.4) is 0 Å². The summed E-state index contributed by atoms with van der Waals surface area (Å²) in [5.74, 6) is -0.523. The standard InChI is InChI=1S/C16H20O4/c1-7-8(2)12-10-6-5-9(11(7)12)13(15(17)19-3)14(10)16(18)20-4/h5-6,9-14H,1-4H3/t9-,10-,11+,12+,13-,14+/m0/s1. The lowest BCUT2D eigenvalue weighted by Crippen LogP contribution is -2.57. The van der Waals surface area contributed by atoms with Gasteiger partial charge in [0.15, 0.2) is 0 Å². The van der Waals surface area contributed by atoms with E-state index in [1.54, 1.807) is 0 Å². The van der Waals surface area contributed by atoms with Crippen LogP contribution in [-0.2, 0) is 19.1 Å². The van der Waals surface area contributed by atoms with Crippen molar-refractivity contribution in [3.05, 3.63) is 23.3 Å². The van der Waals surface area contributed by atoms with Crippen molar-refractivity contribution in [2.75, 3.05) is 14.2 Å². The third-order valence-electron chi connectivity index (χ3n) is 5.56. The first-order valence-electron chi connectivity index (χ1n) is 7.04. The average molecular weight is 276 g/mol. The number of esters is 2. The first kappa shape index (κ1) is 13.4. The van der Waals surface area contributed by atoms with Crippen LogP contribution in [0.25, 0.3) is 0 Å². The molecule has 0 spiro atoms. The molecular formula is C16H20O4. The van der Waals surface area contributed by atoms with E-state index in [0.29, 0.717) is 11.8 Å². The summed E-state index contributed by atoms with van der Waals surface area (Å²) >= 11 is 0. The second-order valence-corrected chi connectivity index (χ2v) is 6.06. The van der Waals surface area contributed by atoms with Crippen molar-refractivity contribution in [1.82, 2.24) is 0 Å². The van der Waals surface area contributed by atoms with E-state index in [9.17, 15) is 9.59 Å². The zero-order valence-corrected chi connectivity index (χ0v) is 12.3. The van der Waals surface area contributed by atoms with Gasteiger partial charge in [-0.25, -0.2) is 0 Å². The molecule has 0 heterocycles. The quantitative estimate of drug-likeness (QED) is 0.571. The number of methoxy groups -OCH3 is 2. The predicted octanol–water partition coefficient (Wildman–Crippen LogP) is 1.96. The largest absolute Gasteiger partial charge is 0.469 e. The summed E-state index contributed by atoms with van der Waals surface area (Å²) in [4.78, 5) is 24.3. The number of fused-ring (bicyclic) bond motifs is 1. The molecule has 0 aromatic heterocycles. The molecule has 0 radical (unpaired) electrons. The van der Waals surface area contributed by atoms with Crippen molar-refractivity contribution >= 4 is 11.9 Å². The summed E-state index contributed by atoms with van der Waals surface area (Å²) in [5.41, 5.74) is 2.73. The molecule has 0 aromatic carbocycles. The van der Waals surface area contributed by atoms with E-state index in [0.717, 1.165) is 0 Å². The maximum Gasteiger partial charge on any atom is 0.310 e. The SMILES string of the molecule is COC(=O)[C@@H]1[C@H]2C=C[C@@H]([C@H]3C(C)=C(C)[C@H]23)[C@@H]1C(=O)OC. The number of rotatable bonds is 2. The van der Waals surface area contributed by atoms with Crippen molar-refractivity contribution in [3.8, 4) is 0 Å². The van der Waals surface area contributed by atoms with Gasteiger partial charge in [-0.15, -0.1) is 0 Å². The van der Waals surface area contributed by atoms with E-state index in [-0.39, 0.29) is 23.8 Å². The third-order valence-corrected chi connectivity index (χ3v) is 5.56. The number of carbonyl (C=O) groups excluding carboxylic acids is 2. The fourth-order valence-corrected chi connectivity index (χ4v) is 4.57. The van der Waals surface area contributed by atoms with Gasteiger partial charge in [0.2, 0.25) is 0 Å². The molecule has 0 unspecified atom stereocenters. The minimum atomic E-state index is -0.410. The summed E-state index contributed by atoms with van der Waals surface area (Å²) in [7, 11) is 2.77. The highest BCUT2D eigenvalue weighted by Gasteiger charge is 2.61. The van der Waals surface area contributed by atoms with Crippen molar-refractivity contribution in [1.29, 1.82) is 0 Å². The van der Waals surface area contributed by atoms with Gasteiger partial charge < -0.3 is 9.47 Å². The highest BCUT2D eigenvalue weighted by molar-refractivity contribution is 5.84. The van der Waals surface area contributed by atoms with Gasteiger partial charge in [-0.05, 0) is 37.5 Å². The maximum absolute atomic E-state index is 12.2. The smallest absolute Gasteiger partial charge is 0.310 e. The van der Waals surface area contributed by atoms with Crippen LogP contribution in [0, 0.1) is 35.5 Å². The van der Waals surface area contributed by atoms with Gasteiger partial charge in [0.1, 0.15) is 0 Å². The van der Waals surface area contributed by atoms with Gasteiger partial charge in [0, 0.05) is 0 Å². The van der Waals surface area contributed by atoms with Crippen molar-refractivity contribution in [3.63, 3.8) is 0 Å². The molecule has 4 heteroatoms. The Morgan fingerprint density at radius 3 is 1.50 bits per heavy atom. The number of hydrogen-bond acceptors (Lipinski definition) is 4. The third kappa shape index (κ3) is 1.48. The second-order valence-electron chi connectivity index (χ2n) is 6.06. The maximum atomic E-state index is 12.2. The van der Waals surface area contributed by atoms with E-state index in [1.165, 1.54) is 25.4 Å². The van der Waals surface area contributed by atoms with Crippen LogP contribution in [0.4, 0.5) is 0 Å². The monoisotopic (exact) mass is 276 g/mol. The molecule has 4 aliphatic carbocycles. The van der Waals surface area contributed by atoms with Gasteiger partial charge >= 0.3 is 11.9 Å².